The minimum atomic E-state index is -0.975. The maximum Gasteiger partial charge on any atom is 0.157 e. The number of thioether (sulfide) groups is 2. The summed E-state index contributed by atoms with van der Waals surface area (Å²) >= 11 is 3.04. The van der Waals surface area contributed by atoms with E-state index < -0.39 is 12.2 Å². The smallest absolute Gasteiger partial charge is 0.157 e. The molecule has 8 heteroatoms. The van der Waals surface area contributed by atoms with E-state index in [0.29, 0.717) is 28.0 Å². The van der Waals surface area contributed by atoms with E-state index >= 15 is 0 Å². The molecule has 0 aliphatic carbocycles. The summed E-state index contributed by atoms with van der Waals surface area (Å²) in [6.07, 6.45) is 2.17. The van der Waals surface area contributed by atoms with E-state index in [9.17, 15) is 25.5 Å². The third kappa shape index (κ3) is 3.81. The standard InChI is InChI=1S/C21H26O6S2/c1-9(28-3)16-18(25)12-8-15(24)20(11-5-6-13(22)14(23)7-11)27-21(12)17(19(16)26)10(2)29-4/h5-7,9-10,15,20,22-26H,8H2,1-4H3/t9?,10?,15-,20+/m0/s1. The summed E-state index contributed by atoms with van der Waals surface area (Å²) in [6.45, 7) is 3.85. The molecular formula is C21H26O6S2. The summed E-state index contributed by atoms with van der Waals surface area (Å²) in [5.74, 6) is -0.253. The van der Waals surface area contributed by atoms with Crippen LogP contribution in [0.1, 0.15) is 52.7 Å². The van der Waals surface area contributed by atoms with Gasteiger partial charge in [0, 0.05) is 33.6 Å². The van der Waals surface area contributed by atoms with Crippen molar-refractivity contribution in [2.24, 2.45) is 0 Å². The second-order valence-electron chi connectivity index (χ2n) is 7.15. The van der Waals surface area contributed by atoms with Gasteiger partial charge in [0.05, 0.1) is 6.10 Å². The monoisotopic (exact) mass is 438 g/mol. The molecule has 0 fully saturated rings. The van der Waals surface area contributed by atoms with E-state index in [4.69, 9.17) is 4.74 Å². The van der Waals surface area contributed by atoms with Gasteiger partial charge in [-0.1, -0.05) is 6.07 Å². The van der Waals surface area contributed by atoms with E-state index in [-0.39, 0.29) is 39.9 Å². The predicted octanol–water partition coefficient (Wildman–Crippen LogP) is 4.39. The molecule has 1 heterocycles. The molecule has 0 saturated heterocycles. The second kappa shape index (κ2) is 8.45. The number of hydrogen-bond donors (Lipinski definition) is 5. The molecule has 4 atom stereocenters. The van der Waals surface area contributed by atoms with Gasteiger partial charge in [-0.05, 0) is 44.1 Å². The number of phenols is 4. The van der Waals surface area contributed by atoms with E-state index in [1.54, 1.807) is 6.07 Å². The molecule has 2 aromatic rings. The molecule has 158 valence electrons. The Balaban J connectivity index is 2.18. The van der Waals surface area contributed by atoms with Crippen molar-refractivity contribution in [1.82, 2.24) is 0 Å². The average Bonchev–Trinajstić information content (AvgIpc) is 2.70. The van der Waals surface area contributed by atoms with Crippen LogP contribution in [0.15, 0.2) is 18.2 Å². The van der Waals surface area contributed by atoms with Gasteiger partial charge in [0.1, 0.15) is 23.4 Å². The van der Waals surface area contributed by atoms with Gasteiger partial charge < -0.3 is 30.3 Å². The van der Waals surface area contributed by atoms with Gasteiger partial charge in [0.15, 0.2) is 11.5 Å². The van der Waals surface area contributed by atoms with E-state index in [1.807, 2.05) is 26.4 Å². The minimum Gasteiger partial charge on any atom is -0.507 e. The third-order valence-corrected chi connectivity index (χ3v) is 7.31. The molecule has 0 radical (unpaired) electrons. The summed E-state index contributed by atoms with van der Waals surface area (Å²) in [6, 6.07) is 4.24. The predicted molar refractivity (Wildman–Crippen MR) is 116 cm³/mol. The molecule has 1 aliphatic heterocycles. The molecule has 0 aromatic heterocycles. The largest absolute Gasteiger partial charge is 0.507 e. The molecule has 2 unspecified atom stereocenters. The topological polar surface area (TPSA) is 110 Å². The van der Waals surface area contributed by atoms with Gasteiger partial charge in [-0.3, -0.25) is 0 Å². The molecule has 1 aliphatic rings. The lowest BCUT2D eigenvalue weighted by Crippen LogP contribution is -2.31. The van der Waals surface area contributed by atoms with Crippen molar-refractivity contribution < 1.29 is 30.3 Å². The fourth-order valence-corrected chi connectivity index (χ4v) is 4.56. The lowest BCUT2D eigenvalue weighted by atomic mass is 9.88. The lowest BCUT2D eigenvalue weighted by Gasteiger charge is -2.35. The van der Waals surface area contributed by atoms with Crippen LogP contribution in [0.3, 0.4) is 0 Å². The minimum absolute atomic E-state index is 0.00800. The first-order chi connectivity index (χ1) is 13.7. The Morgan fingerprint density at radius 3 is 2.14 bits per heavy atom. The quantitative estimate of drug-likeness (QED) is 0.437. The van der Waals surface area contributed by atoms with Crippen molar-refractivity contribution in [2.75, 3.05) is 12.5 Å². The SMILES string of the molecule is CSC(C)c1c(O)c2c(c(C(C)SC)c1O)O[C@H](c1ccc(O)c(O)c1)[C@@H](O)C2. The number of fused-ring (bicyclic) bond motifs is 1. The van der Waals surface area contributed by atoms with Gasteiger partial charge in [0.25, 0.3) is 0 Å². The Bertz CT molecular complexity index is 917. The highest BCUT2D eigenvalue weighted by molar-refractivity contribution is 7.99. The van der Waals surface area contributed by atoms with E-state index in [0.717, 1.165) is 0 Å². The van der Waals surface area contributed by atoms with Crippen LogP contribution in [-0.4, -0.2) is 44.1 Å². The molecule has 0 saturated carbocycles. The third-order valence-electron chi connectivity index (χ3n) is 5.43. The molecule has 0 spiro atoms. The normalized spacial score (nSPS) is 20.6. The Morgan fingerprint density at radius 1 is 0.931 bits per heavy atom. The maximum absolute atomic E-state index is 11.0. The van der Waals surface area contributed by atoms with Gasteiger partial charge >= 0.3 is 0 Å². The number of aliphatic hydroxyl groups excluding tert-OH is 1. The summed E-state index contributed by atoms with van der Waals surface area (Å²) in [7, 11) is 0. The van der Waals surface area contributed by atoms with Crippen molar-refractivity contribution in [3.05, 3.63) is 40.5 Å². The van der Waals surface area contributed by atoms with Gasteiger partial charge in [-0.2, -0.15) is 23.5 Å². The number of aromatic hydroxyl groups is 4. The number of hydrogen-bond acceptors (Lipinski definition) is 8. The van der Waals surface area contributed by atoms with Crippen LogP contribution in [0, 0.1) is 0 Å². The lowest BCUT2D eigenvalue weighted by molar-refractivity contribution is 0.0189. The molecule has 29 heavy (non-hydrogen) atoms. The van der Waals surface area contributed by atoms with Crippen LogP contribution >= 0.6 is 23.5 Å². The number of benzene rings is 2. The summed E-state index contributed by atoms with van der Waals surface area (Å²) < 4.78 is 6.13. The second-order valence-corrected chi connectivity index (χ2v) is 9.50. The van der Waals surface area contributed by atoms with Crippen LogP contribution in [0.2, 0.25) is 0 Å². The summed E-state index contributed by atoms with van der Waals surface area (Å²) in [5, 5.41) is 51.8. The molecule has 3 rings (SSSR count). The molecule has 6 nitrogen and oxygen atoms in total. The molecule has 0 amide bonds. The fourth-order valence-electron chi connectivity index (χ4n) is 3.65. The molecule has 2 aromatic carbocycles. The highest BCUT2D eigenvalue weighted by Gasteiger charge is 2.38. The summed E-state index contributed by atoms with van der Waals surface area (Å²) in [4.78, 5) is 0. The zero-order valence-corrected chi connectivity index (χ0v) is 18.3. The Labute approximate surface area is 178 Å². The number of aliphatic hydroxyl groups is 1. The zero-order valence-electron chi connectivity index (χ0n) is 16.7. The van der Waals surface area contributed by atoms with Crippen molar-refractivity contribution in [2.45, 2.75) is 43.0 Å². The first-order valence-corrected chi connectivity index (χ1v) is 11.8. The molecule has 0 bridgehead atoms. The van der Waals surface area contributed by atoms with E-state index in [1.165, 1.54) is 35.7 Å². The van der Waals surface area contributed by atoms with Gasteiger partial charge in [-0.25, -0.2) is 0 Å². The van der Waals surface area contributed by atoms with Crippen LogP contribution in [0.5, 0.6) is 28.7 Å². The zero-order chi connectivity index (χ0) is 21.5. The molecular weight excluding hydrogens is 412 g/mol. The van der Waals surface area contributed by atoms with Crippen molar-refractivity contribution in [3.63, 3.8) is 0 Å². The van der Waals surface area contributed by atoms with Crippen LogP contribution in [-0.2, 0) is 6.42 Å². The van der Waals surface area contributed by atoms with E-state index in [2.05, 4.69) is 0 Å². The molecule has 5 N–H and O–H groups in total. The first-order valence-electron chi connectivity index (χ1n) is 9.23. The summed E-state index contributed by atoms with van der Waals surface area (Å²) in [5.41, 5.74) is 1.99. The van der Waals surface area contributed by atoms with Crippen molar-refractivity contribution >= 4 is 23.5 Å². The highest BCUT2D eigenvalue weighted by atomic mass is 32.2. The van der Waals surface area contributed by atoms with Crippen LogP contribution in [0.4, 0.5) is 0 Å². The van der Waals surface area contributed by atoms with Crippen LogP contribution < -0.4 is 4.74 Å². The van der Waals surface area contributed by atoms with Gasteiger partial charge in [0.2, 0.25) is 0 Å². The van der Waals surface area contributed by atoms with Crippen molar-refractivity contribution in [3.8, 4) is 28.7 Å². The Hall–Kier alpha value is -1.90. The fraction of sp³-hybridized carbons (Fsp3) is 0.429. The Kier molecular flexibility index (Phi) is 6.36. The number of phenolic OH excluding ortho intramolecular Hbond substituents is 4. The average molecular weight is 439 g/mol. The number of rotatable bonds is 5. The maximum atomic E-state index is 11.0. The number of ether oxygens (including phenoxy) is 1. The van der Waals surface area contributed by atoms with Crippen molar-refractivity contribution in [1.29, 1.82) is 0 Å². The first kappa shape index (κ1) is 21.8. The Morgan fingerprint density at radius 2 is 1.55 bits per heavy atom. The van der Waals surface area contributed by atoms with Crippen LogP contribution in [0.25, 0.3) is 0 Å². The van der Waals surface area contributed by atoms with Gasteiger partial charge in [-0.15, -0.1) is 0 Å². The highest BCUT2D eigenvalue weighted by Crippen LogP contribution is 2.55.